The van der Waals surface area contributed by atoms with Gasteiger partial charge >= 0.3 is 5.97 Å². The van der Waals surface area contributed by atoms with Gasteiger partial charge in [0, 0.05) is 12.0 Å². The van der Waals surface area contributed by atoms with Gasteiger partial charge in [0.2, 0.25) is 5.91 Å². The van der Waals surface area contributed by atoms with Gasteiger partial charge in [-0.15, -0.1) is 0 Å². The predicted octanol–water partition coefficient (Wildman–Crippen LogP) is 2.01. The van der Waals surface area contributed by atoms with Crippen LogP contribution in [0, 0.1) is 23.7 Å². The molecule has 20 heavy (non-hydrogen) atoms. The van der Waals surface area contributed by atoms with E-state index < -0.39 is 0 Å². The third-order valence-corrected chi connectivity index (χ3v) is 6.98. The Balaban J connectivity index is 1.50. The Kier molecular flexibility index (Phi) is 3.09. The molecule has 4 nitrogen and oxygen atoms in total. The van der Waals surface area contributed by atoms with E-state index in [-0.39, 0.29) is 46.5 Å². The van der Waals surface area contributed by atoms with Gasteiger partial charge in [-0.25, -0.2) is 0 Å². The van der Waals surface area contributed by atoms with Crippen LogP contribution in [0.4, 0.5) is 0 Å². The number of carbonyl (C=O) groups excluding carboxylic acids is 2. The molecule has 1 heterocycles. The Morgan fingerprint density at radius 3 is 2.70 bits per heavy atom. The first-order valence-electron chi connectivity index (χ1n) is 7.82. The Labute approximate surface area is 127 Å². The van der Waals surface area contributed by atoms with Crippen molar-refractivity contribution >= 4 is 27.8 Å². The van der Waals surface area contributed by atoms with E-state index >= 15 is 0 Å². The zero-order chi connectivity index (χ0) is 13.9. The van der Waals surface area contributed by atoms with Gasteiger partial charge < -0.3 is 10.1 Å². The molecule has 0 unspecified atom stereocenters. The minimum Gasteiger partial charge on any atom is -0.461 e. The molecule has 0 aromatic rings. The van der Waals surface area contributed by atoms with Crippen LogP contribution in [-0.4, -0.2) is 28.8 Å². The lowest BCUT2D eigenvalue weighted by atomic mass is 9.79. The molecule has 4 rings (SSSR count). The van der Waals surface area contributed by atoms with Gasteiger partial charge in [0.25, 0.3) is 0 Å². The number of amides is 1. The molecular formula is C15H20BrNO3. The summed E-state index contributed by atoms with van der Waals surface area (Å²) < 4.78 is 5.46. The second kappa shape index (κ2) is 4.72. The summed E-state index contributed by atoms with van der Waals surface area (Å²) in [4.78, 5) is 24.8. The molecule has 5 heteroatoms. The van der Waals surface area contributed by atoms with Crippen molar-refractivity contribution in [3.63, 3.8) is 0 Å². The average Bonchev–Trinajstić information content (AvgIpc) is 3.04. The molecule has 3 saturated carbocycles. The SMILES string of the molecule is O=C(NC1CCCCC1)[C@H]1[C@H]2C[C@H]3[C@H](OC(=O)[C@@H]31)[C@@H]2Br. The van der Waals surface area contributed by atoms with Gasteiger partial charge in [0.1, 0.15) is 6.10 Å². The second-order valence-electron chi connectivity index (χ2n) is 6.80. The van der Waals surface area contributed by atoms with Gasteiger partial charge in [-0.05, 0) is 25.2 Å². The number of rotatable bonds is 2. The number of hydrogen-bond donors (Lipinski definition) is 1. The minimum atomic E-state index is -0.178. The van der Waals surface area contributed by atoms with Crippen molar-refractivity contribution in [2.45, 2.75) is 55.5 Å². The molecule has 1 amide bonds. The molecule has 4 aliphatic rings. The lowest BCUT2D eigenvalue weighted by Gasteiger charge is -2.30. The van der Waals surface area contributed by atoms with E-state index in [0.717, 1.165) is 19.3 Å². The summed E-state index contributed by atoms with van der Waals surface area (Å²) in [5.41, 5.74) is 0. The lowest BCUT2D eigenvalue weighted by molar-refractivity contribution is -0.146. The summed E-state index contributed by atoms with van der Waals surface area (Å²) in [7, 11) is 0. The number of carbonyl (C=O) groups is 2. The Hall–Kier alpha value is -0.580. The van der Waals surface area contributed by atoms with E-state index in [0.29, 0.717) is 6.04 Å². The van der Waals surface area contributed by atoms with Gasteiger partial charge in [-0.1, -0.05) is 35.2 Å². The first kappa shape index (κ1) is 13.1. The Bertz CT molecular complexity index is 448. The fourth-order valence-corrected chi connectivity index (χ4v) is 5.92. The molecule has 110 valence electrons. The number of alkyl halides is 1. The number of esters is 1. The van der Waals surface area contributed by atoms with E-state index in [9.17, 15) is 9.59 Å². The number of fused-ring (bicyclic) bond motifs is 1. The van der Waals surface area contributed by atoms with E-state index in [1.165, 1.54) is 19.3 Å². The number of halogens is 1. The third-order valence-electron chi connectivity index (χ3n) is 5.78. The van der Waals surface area contributed by atoms with Crippen LogP contribution < -0.4 is 5.32 Å². The van der Waals surface area contributed by atoms with Crippen molar-refractivity contribution in [2.24, 2.45) is 23.7 Å². The Morgan fingerprint density at radius 2 is 1.95 bits per heavy atom. The third kappa shape index (κ3) is 1.78. The van der Waals surface area contributed by atoms with Crippen LogP contribution in [0.1, 0.15) is 38.5 Å². The number of nitrogens with one attached hydrogen (secondary N) is 1. The summed E-state index contributed by atoms with van der Waals surface area (Å²) >= 11 is 3.65. The van der Waals surface area contributed by atoms with Crippen LogP contribution >= 0.6 is 15.9 Å². The highest BCUT2D eigenvalue weighted by molar-refractivity contribution is 9.09. The second-order valence-corrected chi connectivity index (χ2v) is 7.86. The molecule has 4 fully saturated rings. The molecule has 0 aromatic heterocycles. The molecule has 3 aliphatic carbocycles. The topological polar surface area (TPSA) is 55.4 Å². The maximum absolute atomic E-state index is 12.6. The molecule has 6 atom stereocenters. The van der Waals surface area contributed by atoms with E-state index in [1.807, 2.05) is 0 Å². The van der Waals surface area contributed by atoms with Crippen LogP contribution in [0.3, 0.4) is 0 Å². The summed E-state index contributed by atoms with van der Waals surface area (Å²) in [6.45, 7) is 0. The van der Waals surface area contributed by atoms with E-state index in [4.69, 9.17) is 4.74 Å². The zero-order valence-corrected chi connectivity index (χ0v) is 13.0. The lowest BCUT2D eigenvalue weighted by Crippen LogP contribution is -2.46. The van der Waals surface area contributed by atoms with Crippen LogP contribution in [0.2, 0.25) is 0 Å². The largest absolute Gasteiger partial charge is 0.461 e. The molecular weight excluding hydrogens is 322 g/mol. The van der Waals surface area contributed by atoms with Crippen LogP contribution in [-0.2, 0) is 14.3 Å². The van der Waals surface area contributed by atoms with Crippen LogP contribution in [0.25, 0.3) is 0 Å². The van der Waals surface area contributed by atoms with Crippen molar-refractivity contribution < 1.29 is 14.3 Å². The number of hydrogen-bond acceptors (Lipinski definition) is 3. The monoisotopic (exact) mass is 341 g/mol. The zero-order valence-electron chi connectivity index (χ0n) is 11.4. The molecule has 0 aromatic carbocycles. The predicted molar refractivity (Wildman–Crippen MR) is 76.2 cm³/mol. The van der Waals surface area contributed by atoms with Crippen LogP contribution in [0.15, 0.2) is 0 Å². The van der Waals surface area contributed by atoms with Crippen molar-refractivity contribution in [3.05, 3.63) is 0 Å². The van der Waals surface area contributed by atoms with Gasteiger partial charge in [0.15, 0.2) is 0 Å². The van der Waals surface area contributed by atoms with Crippen molar-refractivity contribution in [1.29, 1.82) is 0 Å². The summed E-state index contributed by atoms with van der Waals surface area (Å²) in [6.07, 6.45) is 6.83. The van der Waals surface area contributed by atoms with E-state index in [2.05, 4.69) is 21.2 Å². The average molecular weight is 342 g/mol. The van der Waals surface area contributed by atoms with Gasteiger partial charge in [-0.2, -0.15) is 0 Å². The highest BCUT2D eigenvalue weighted by atomic mass is 79.9. The maximum Gasteiger partial charge on any atom is 0.310 e. The summed E-state index contributed by atoms with van der Waals surface area (Å²) in [5, 5.41) is 3.20. The molecule has 0 spiro atoms. The smallest absolute Gasteiger partial charge is 0.310 e. The first-order chi connectivity index (χ1) is 9.66. The fourth-order valence-electron chi connectivity index (χ4n) is 4.87. The summed E-state index contributed by atoms with van der Waals surface area (Å²) in [5.74, 6) is 0.133. The normalized spacial score (nSPS) is 46.5. The van der Waals surface area contributed by atoms with Gasteiger partial charge in [-0.3, -0.25) is 9.59 Å². The molecule has 1 saturated heterocycles. The molecule has 1 N–H and O–H groups in total. The van der Waals surface area contributed by atoms with E-state index in [1.54, 1.807) is 0 Å². The maximum atomic E-state index is 12.6. The molecule has 1 aliphatic heterocycles. The van der Waals surface area contributed by atoms with Crippen molar-refractivity contribution in [3.8, 4) is 0 Å². The molecule has 2 bridgehead atoms. The minimum absolute atomic E-state index is 0.0104. The Morgan fingerprint density at radius 1 is 1.20 bits per heavy atom. The first-order valence-corrected chi connectivity index (χ1v) is 8.73. The summed E-state index contributed by atoms with van der Waals surface area (Å²) in [6, 6.07) is 0.317. The van der Waals surface area contributed by atoms with Crippen molar-refractivity contribution in [1.82, 2.24) is 5.32 Å². The molecule has 0 radical (unpaired) electrons. The quantitative estimate of drug-likeness (QED) is 0.617. The van der Waals surface area contributed by atoms with Crippen LogP contribution in [0.5, 0.6) is 0 Å². The number of ether oxygens (including phenoxy) is 1. The highest BCUT2D eigenvalue weighted by Gasteiger charge is 2.67. The van der Waals surface area contributed by atoms with Crippen molar-refractivity contribution in [2.75, 3.05) is 0 Å². The van der Waals surface area contributed by atoms with Gasteiger partial charge in [0.05, 0.1) is 16.7 Å². The highest BCUT2D eigenvalue weighted by Crippen LogP contribution is 2.59. The fraction of sp³-hybridized carbons (Fsp3) is 0.867. The standard InChI is InChI=1S/C15H20BrNO3/c16-12-8-6-9-11(15(19)20-13(9)12)10(8)14(18)17-7-4-2-1-3-5-7/h7-13H,1-6H2,(H,17,18)/t8-,9-,10+,11+,12-,13+/m1/s1.